The quantitative estimate of drug-likeness (QED) is 0.835. The Morgan fingerprint density at radius 3 is 2.88 bits per heavy atom. The molecule has 0 spiro atoms. The van der Waals surface area contributed by atoms with Gasteiger partial charge in [0, 0.05) is 13.1 Å². The Kier molecular flexibility index (Phi) is 4.85. The molecule has 0 saturated carbocycles. The van der Waals surface area contributed by atoms with Crippen LogP contribution in [0, 0.1) is 12.8 Å². The molecular formula is C17H19ClN4O2. The molecular weight excluding hydrogens is 328 g/mol. The van der Waals surface area contributed by atoms with E-state index in [1.807, 2.05) is 17.9 Å². The van der Waals surface area contributed by atoms with Gasteiger partial charge in [0.2, 0.25) is 5.91 Å². The summed E-state index contributed by atoms with van der Waals surface area (Å²) in [6, 6.07) is 8.70. The lowest BCUT2D eigenvalue weighted by Crippen LogP contribution is -2.41. The molecule has 2 heterocycles. The van der Waals surface area contributed by atoms with Crippen LogP contribution < -0.4 is 10.2 Å². The molecule has 1 aliphatic heterocycles. The molecule has 7 heteroatoms. The molecule has 2 N–H and O–H groups in total. The summed E-state index contributed by atoms with van der Waals surface area (Å²) in [4.78, 5) is 14.6. The SMILES string of the molecule is Cc1ccc(NC(=O)[C@@H]2CCCN(c3ccc(Cl)nn3)C2)c(O)c1. The van der Waals surface area contributed by atoms with E-state index in [1.54, 1.807) is 24.3 Å². The molecule has 0 aliphatic carbocycles. The highest BCUT2D eigenvalue weighted by atomic mass is 35.5. The lowest BCUT2D eigenvalue weighted by Gasteiger charge is -2.32. The van der Waals surface area contributed by atoms with Crippen molar-refractivity contribution in [1.29, 1.82) is 0 Å². The monoisotopic (exact) mass is 346 g/mol. The third-order valence-corrected chi connectivity index (χ3v) is 4.35. The predicted octanol–water partition coefficient (Wildman–Crippen LogP) is 3.00. The highest BCUT2D eigenvalue weighted by Crippen LogP contribution is 2.27. The molecule has 1 aliphatic rings. The molecule has 3 rings (SSSR count). The summed E-state index contributed by atoms with van der Waals surface area (Å²) in [7, 11) is 0. The first-order valence-electron chi connectivity index (χ1n) is 7.87. The number of amides is 1. The van der Waals surface area contributed by atoms with E-state index in [2.05, 4.69) is 15.5 Å². The van der Waals surface area contributed by atoms with Crippen molar-refractivity contribution < 1.29 is 9.90 Å². The Hall–Kier alpha value is -2.34. The van der Waals surface area contributed by atoms with E-state index in [-0.39, 0.29) is 17.6 Å². The Bertz CT molecular complexity index is 736. The average molecular weight is 347 g/mol. The number of hydrogen-bond acceptors (Lipinski definition) is 5. The van der Waals surface area contributed by atoms with Gasteiger partial charge in [0.1, 0.15) is 5.75 Å². The third kappa shape index (κ3) is 3.76. The summed E-state index contributed by atoms with van der Waals surface area (Å²) >= 11 is 5.77. The van der Waals surface area contributed by atoms with Gasteiger partial charge in [-0.25, -0.2) is 0 Å². The van der Waals surface area contributed by atoms with Crippen LogP contribution in [0.25, 0.3) is 0 Å². The fraction of sp³-hybridized carbons (Fsp3) is 0.353. The van der Waals surface area contributed by atoms with Crippen LogP contribution >= 0.6 is 11.6 Å². The van der Waals surface area contributed by atoms with Gasteiger partial charge in [-0.05, 0) is 49.6 Å². The lowest BCUT2D eigenvalue weighted by atomic mass is 9.97. The van der Waals surface area contributed by atoms with Crippen molar-refractivity contribution in [3.05, 3.63) is 41.0 Å². The smallest absolute Gasteiger partial charge is 0.229 e. The van der Waals surface area contributed by atoms with E-state index in [9.17, 15) is 9.90 Å². The molecule has 126 valence electrons. The van der Waals surface area contributed by atoms with E-state index in [4.69, 9.17) is 11.6 Å². The number of aromatic nitrogens is 2. The molecule has 2 aromatic rings. The van der Waals surface area contributed by atoms with E-state index < -0.39 is 0 Å². The van der Waals surface area contributed by atoms with Gasteiger partial charge in [-0.2, -0.15) is 0 Å². The van der Waals surface area contributed by atoms with Gasteiger partial charge in [-0.1, -0.05) is 17.7 Å². The van der Waals surface area contributed by atoms with Crippen molar-refractivity contribution in [1.82, 2.24) is 10.2 Å². The van der Waals surface area contributed by atoms with Crippen molar-refractivity contribution in [2.75, 3.05) is 23.3 Å². The summed E-state index contributed by atoms with van der Waals surface area (Å²) in [6.45, 7) is 3.28. The Balaban J connectivity index is 1.67. The molecule has 1 atom stereocenters. The summed E-state index contributed by atoms with van der Waals surface area (Å²) < 4.78 is 0. The number of nitrogens with zero attached hydrogens (tertiary/aromatic N) is 3. The van der Waals surface area contributed by atoms with Gasteiger partial charge in [-0.3, -0.25) is 4.79 Å². The number of aromatic hydroxyl groups is 1. The standard InChI is InChI=1S/C17H19ClN4O2/c1-11-4-5-13(14(23)9-11)19-17(24)12-3-2-8-22(10-12)16-7-6-15(18)20-21-16/h4-7,9,12,23H,2-3,8,10H2,1H3,(H,19,24)/t12-/m1/s1. The average Bonchev–Trinajstić information content (AvgIpc) is 2.58. The van der Waals surface area contributed by atoms with Crippen molar-refractivity contribution >= 4 is 29.0 Å². The van der Waals surface area contributed by atoms with Crippen LogP contribution in [-0.4, -0.2) is 34.3 Å². The minimum absolute atomic E-state index is 0.0829. The zero-order chi connectivity index (χ0) is 17.1. The molecule has 1 saturated heterocycles. The van der Waals surface area contributed by atoms with Crippen LogP contribution in [-0.2, 0) is 4.79 Å². The topological polar surface area (TPSA) is 78.4 Å². The van der Waals surface area contributed by atoms with Crippen molar-refractivity contribution in [3.63, 3.8) is 0 Å². The van der Waals surface area contributed by atoms with Crippen LogP contribution in [0.5, 0.6) is 5.75 Å². The maximum Gasteiger partial charge on any atom is 0.229 e. The second-order valence-electron chi connectivity index (χ2n) is 6.01. The molecule has 1 aromatic heterocycles. The first-order chi connectivity index (χ1) is 11.5. The fourth-order valence-corrected chi connectivity index (χ4v) is 2.96. The normalized spacial score (nSPS) is 17.6. The van der Waals surface area contributed by atoms with Crippen LogP contribution in [0.2, 0.25) is 5.15 Å². The van der Waals surface area contributed by atoms with Crippen molar-refractivity contribution in [2.45, 2.75) is 19.8 Å². The largest absolute Gasteiger partial charge is 0.506 e. The van der Waals surface area contributed by atoms with Gasteiger partial charge in [0.15, 0.2) is 11.0 Å². The number of piperidine rings is 1. The van der Waals surface area contributed by atoms with E-state index in [1.165, 1.54) is 0 Å². The molecule has 0 bridgehead atoms. The minimum Gasteiger partial charge on any atom is -0.506 e. The number of hydrogen-bond donors (Lipinski definition) is 2. The zero-order valence-corrected chi connectivity index (χ0v) is 14.1. The van der Waals surface area contributed by atoms with Gasteiger partial charge >= 0.3 is 0 Å². The Morgan fingerprint density at radius 2 is 2.17 bits per heavy atom. The molecule has 6 nitrogen and oxygen atoms in total. The number of benzene rings is 1. The van der Waals surface area contributed by atoms with Gasteiger partial charge in [-0.15, -0.1) is 10.2 Å². The molecule has 0 unspecified atom stereocenters. The predicted molar refractivity (Wildman–Crippen MR) is 93.5 cm³/mol. The van der Waals surface area contributed by atoms with E-state index >= 15 is 0 Å². The number of phenols is 1. The number of carbonyl (C=O) groups is 1. The maximum absolute atomic E-state index is 12.5. The summed E-state index contributed by atoms with van der Waals surface area (Å²) in [5, 5.41) is 21.0. The van der Waals surface area contributed by atoms with E-state index in [0.717, 1.165) is 30.8 Å². The second-order valence-corrected chi connectivity index (χ2v) is 6.40. The lowest BCUT2D eigenvalue weighted by molar-refractivity contribution is -0.120. The highest BCUT2D eigenvalue weighted by Gasteiger charge is 2.27. The number of nitrogens with one attached hydrogen (secondary N) is 1. The Morgan fingerprint density at radius 1 is 1.33 bits per heavy atom. The Labute approximate surface area is 145 Å². The van der Waals surface area contributed by atoms with Crippen LogP contribution in [0.4, 0.5) is 11.5 Å². The molecule has 24 heavy (non-hydrogen) atoms. The number of carbonyl (C=O) groups excluding carboxylic acids is 1. The number of rotatable bonds is 3. The van der Waals surface area contributed by atoms with Gasteiger partial charge < -0.3 is 15.3 Å². The number of phenolic OH excluding ortho intramolecular Hbond substituents is 1. The van der Waals surface area contributed by atoms with Gasteiger partial charge in [0.25, 0.3) is 0 Å². The molecule has 0 radical (unpaired) electrons. The number of anilines is 2. The molecule has 1 aromatic carbocycles. The highest BCUT2D eigenvalue weighted by molar-refractivity contribution is 6.29. The second kappa shape index (κ2) is 7.05. The van der Waals surface area contributed by atoms with Crippen LogP contribution in [0.3, 0.4) is 0 Å². The maximum atomic E-state index is 12.5. The van der Waals surface area contributed by atoms with Gasteiger partial charge in [0.05, 0.1) is 11.6 Å². The first kappa shape index (κ1) is 16.5. The summed E-state index contributed by atoms with van der Waals surface area (Å²) in [5.74, 6) is 0.535. The third-order valence-electron chi connectivity index (χ3n) is 4.15. The number of aryl methyl sites for hydroxylation is 1. The van der Waals surface area contributed by atoms with Crippen molar-refractivity contribution in [2.24, 2.45) is 5.92 Å². The summed E-state index contributed by atoms with van der Waals surface area (Å²) in [6.07, 6.45) is 1.69. The fourth-order valence-electron chi connectivity index (χ4n) is 2.86. The number of halogens is 1. The molecule has 1 amide bonds. The first-order valence-corrected chi connectivity index (χ1v) is 8.25. The minimum atomic E-state index is -0.170. The zero-order valence-electron chi connectivity index (χ0n) is 13.4. The molecule has 1 fully saturated rings. The van der Waals surface area contributed by atoms with E-state index in [0.29, 0.717) is 17.4 Å². The van der Waals surface area contributed by atoms with Crippen LogP contribution in [0.15, 0.2) is 30.3 Å². The summed E-state index contributed by atoms with van der Waals surface area (Å²) in [5.41, 5.74) is 1.38. The van der Waals surface area contributed by atoms with Crippen LogP contribution in [0.1, 0.15) is 18.4 Å². The van der Waals surface area contributed by atoms with Crippen molar-refractivity contribution in [3.8, 4) is 5.75 Å².